The van der Waals surface area contributed by atoms with Crippen molar-refractivity contribution >= 4 is 24.2 Å². The third-order valence-corrected chi connectivity index (χ3v) is 13.0. The zero-order valence-electron chi connectivity index (χ0n) is 18.5. The molecule has 1 heterocycles. The minimum absolute atomic E-state index is 0.0517. The number of rotatable bonds is 8. The average Bonchev–Trinajstić information content (AvgIpc) is 3.42. The van der Waals surface area contributed by atoms with Crippen LogP contribution in [0.15, 0.2) is 71.6 Å². The summed E-state index contributed by atoms with van der Waals surface area (Å²) in [6, 6.07) is 18.4. The van der Waals surface area contributed by atoms with Crippen LogP contribution in [0.3, 0.4) is 0 Å². The van der Waals surface area contributed by atoms with Gasteiger partial charge in [-0.15, -0.1) is 0 Å². The van der Waals surface area contributed by atoms with Gasteiger partial charge in [0, 0.05) is 6.42 Å². The lowest BCUT2D eigenvalue weighted by Gasteiger charge is -2.36. The summed E-state index contributed by atoms with van der Waals surface area (Å²) in [5, 5.41) is 0.0517. The quantitative estimate of drug-likeness (QED) is 0.388. The molecule has 0 unspecified atom stereocenters. The molecule has 30 heavy (non-hydrogen) atoms. The van der Waals surface area contributed by atoms with E-state index < -0.39 is 29.2 Å². The number of ether oxygens (including phenoxy) is 1. The van der Waals surface area contributed by atoms with Gasteiger partial charge in [0.1, 0.15) is 6.10 Å². The second-order valence-corrected chi connectivity index (χ2v) is 16.3. The molecule has 0 spiro atoms. The minimum atomic E-state index is -3.67. The minimum Gasteiger partial charge on any atom is -0.414 e. The van der Waals surface area contributed by atoms with Crippen molar-refractivity contribution in [3.8, 4) is 0 Å². The van der Waals surface area contributed by atoms with E-state index in [1.54, 1.807) is 24.3 Å². The highest BCUT2D eigenvalue weighted by molar-refractivity contribution is 7.93. The molecular weight excluding hydrogens is 412 g/mol. The van der Waals surface area contributed by atoms with Gasteiger partial charge in [-0.3, -0.25) is 0 Å². The number of epoxide rings is 1. The van der Waals surface area contributed by atoms with Gasteiger partial charge in [0.05, 0.1) is 11.5 Å². The van der Waals surface area contributed by atoms with Crippen LogP contribution >= 0.6 is 0 Å². The summed E-state index contributed by atoms with van der Waals surface area (Å²) in [6.45, 7) is 11.1. The molecule has 0 aromatic heterocycles. The van der Waals surface area contributed by atoms with Crippen molar-refractivity contribution in [2.45, 2.75) is 61.3 Å². The van der Waals surface area contributed by atoms with Crippen LogP contribution in [0.1, 0.15) is 32.8 Å². The molecule has 0 radical (unpaired) electrons. The summed E-state index contributed by atoms with van der Waals surface area (Å²) in [4.78, 5) is -0.991. The Balaban J connectivity index is 1.83. The summed E-state index contributed by atoms with van der Waals surface area (Å²) < 4.78 is 39.2. The summed E-state index contributed by atoms with van der Waals surface area (Å²) in [7, 11) is -5.68. The fourth-order valence-electron chi connectivity index (χ4n) is 3.12. The normalized spacial score (nSPS) is 22.4. The van der Waals surface area contributed by atoms with Gasteiger partial charge in [-0.2, -0.15) is 0 Å². The van der Waals surface area contributed by atoms with Crippen molar-refractivity contribution in [1.82, 2.24) is 0 Å². The predicted octanol–water partition coefficient (Wildman–Crippen LogP) is 5.68. The van der Waals surface area contributed by atoms with Gasteiger partial charge in [-0.1, -0.05) is 81.5 Å². The van der Waals surface area contributed by atoms with Gasteiger partial charge < -0.3 is 9.16 Å². The van der Waals surface area contributed by atoms with E-state index in [0.29, 0.717) is 6.61 Å². The number of hydrogen-bond acceptors (Lipinski definition) is 4. The van der Waals surface area contributed by atoms with Crippen molar-refractivity contribution < 1.29 is 17.6 Å². The third-order valence-electron chi connectivity index (χ3n) is 6.20. The van der Waals surface area contributed by atoms with E-state index >= 15 is 0 Å². The lowest BCUT2D eigenvalue weighted by molar-refractivity contribution is 0.240. The molecule has 1 saturated heterocycles. The summed E-state index contributed by atoms with van der Waals surface area (Å²) in [5.74, 6) is 0. The van der Waals surface area contributed by atoms with Crippen molar-refractivity contribution in [3.63, 3.8) is 0 Å². The third kappa shape index (κ3) is 4.62. The summed E-state index contributed by atoms with van der Waals surface area (Å²) in [5.41, 5.74) is 1.03. The van der Waals surface area contributed by atoms with Crippen LogP contribution < -0.4 is 0 Å². The SMILES string of the molecule is CC(C)(C)[Si](C)(C)OC[C@H]1O[C@]1(C/C=C/c1ccccc1)S(=O)(=O)c1ccccc1. The number of hydrogen-bond donors (Lipinski definition) is 0. The van der Waals surface area contributed by atoms with E-state index in [1.807, 2.05) is 48.6 Å². The first-order chi connectivity index (χ1) is 14.0. The Morgan fingerprint density at radius 2 is 1.60 bits per heavy atom. The molecule has 0 bridgehead atoms. The molecule has 0 amide bonds. The topological polar surface area (TPSA) is 55.9 Å². The highest BCUT2D eigenvalue weighted by Crippen LogP contribution is 2.49. The maximum Gasteiger partial charge on any atom is 0.211 e. The Morgan fingerprint density at radius 1 is 1.03 bits per heavy atom. The highest BCUT2D eigenvalue weighted by Gasteiger charge is 2.66. The van der Waals surface area contributed by atoms with Gasteiger partial charge in [0.25, 0.3) is 0 Å². The number of benzene rings is 2. The van der Waals surface area contributed by atoms with Crippen molar-refractivity contribution in [2.24, 2.45) is 0 Å². The standard InChI is InChI=1S/C24H32O4SSi/c1-23(2,3)30(4,5)27-19-22-24(28-22,18-12-15-20-13-8-6-9-14-20)29(25,26)21-16-10-7-11-17-21/h6-17,22H,18-19H2,1-5H3/b15-12+/t22-,24-/m1/s1. The molecule has 0 saturated carbocycles. The fourth-order valence-corrected chi connectivity index (χ4v) is 6.00. The van der Waals surface area contributed by atoms with Gasteiger partial charge >= 0.3 is 0 Å². The molecule has 2 atom stereocenters. The van der Waals surface area contributed by atoms with Crippen LogP contribution in [0.5, 0.6) is 0 Å². The zero-order chi connectivity index (χ0) is 22.0. The predicted molar refractivity (Wildman–Crippen MR) is 124 cm³/mol. The van der Waals surface area contributed by atoms with Gasteiger partial charge in [0.15, 0.2) is 8.32 Å². The first kappa shape index (κ1) is 22.9. The van der Waals surface area contributed by atoms with Crippen LogP contribution in [0.25, 0.3) is 6.08 Å². The molecule has 1 aliphatic heterocycles. The summed E-state index contributed by atoms with van der Waals surface area (Å²) in [6.07, 6.45) is 3.64. The lowest BCUT2D eigenvalue weighted by atomic mass is 10.1. The van der Waals surface area contributed by atoms with E-state index in [9.17, 15) is 8.42 Å². The zero-order valence-corrected chi connectivity index (χ0v) is 20.3. The Hall–Kier alpha value is -1.73. The van der Waals surface area contributed by atoms with Crippen LogP contribution in [0, 0.1) is 0 Å². The average molecular weight is 445 g/mol. The Labute approximate surface area is 182 Å². The van der Waals surface area contributed by atoms with Crippen molar-refractivity contribution in [1.29, 1.82) is 0 Å². The molecule has 2 aromatic rings. The molecule has 0 N–H and O–H groups in total. The molecule has 162 valence electrons. The molecule has 1 fully saturated rings. The maximum atomic E-state index is 13.5. The lowest BCUT2D eigenvalue weighted by Crippen LogP contribution is -2.42. The van der Waals surface area contributed by atoms with E-state index in [4.69, 9.17) is 9.16 Å². The second kappa shape index (κ2) is 8.42. The molecule has 1 aliphatic rings. The molecule has 2 aromatic carbocycles. The fraction of sp³-hybridized carbons (Fsp3) is 0.417. The second-order valence-electron chi connectivity index (χ2n) is 9.32. The highest BCUT2D eigenvalue weighted by atomic mass is 32.2. The first-order valence-electron chi connectivity index (χ1n) is 10.3. The smallest absolute Gasteiger partial charge is 0.211 e. The monoisotopic (exact) mass is 444 g/mol. The molecular formula is C24H32O4SSi. The van der Waals surface area contributed by atoms with Crippen LogP contribution in [-0.4, -0.2) is 34.4 Å². The Morgan fingerprint density at radius 3 is 2.17 bits per heavy atom. The first-order valence-corrected chi connectivity index (χ1v) is 14.7. The van der Waals surface area contributed by atoms with Gasteiger partial charge in [-0.25, -0.2) is 8.42 Å². The van der Waals surface area contributed by atoms with Gasteiger partial charge in [0.2, 0.25) is 14.8 Å². The maximum absolute atomic E-state index is 13.5. The van der Waals surface area contributed by atoms with E-state index in [1.165, 1.54) is 0 Å². The van der Waals surface area contributed by atoms with E-state index in [2.05, 4.69) is 33.9 Å². The van der Waals surface area contributed by atoms with Gasteiger partial charge in [-0.05, 0) is 35.8 Å². The van der Waals surface area contributed by atoms with Crippen molar-refractivity contribution in [3.05, 3.63) is 72.3 Å². The van der Waals surface area contributed by atoms with Crippen LogP contribution in [0.4, 0.5) is 0 Å². The Kier molecular flexibility index (Phi) is 6.44. The molecule has 3 rings (SSSR count). The van der Waals surface area contributed by atoms with Crippen LogP contribution in [-0.2, 0) is 19.0 Å². The number of sulfone groups is 1. The molecule has 6 heteroatoms. The summed E-state index contributed by atoms with van der Waals surface area (Å²) >= 11 is 0. The van der Waals surface area contributed by atoms with E-state index in [-0.39, 0.29) is 16.4 Å². The van der Waals surface area contributed by atoms with E-state index in [0.717, 1.165) is 5.56 Å². The Bertz CT molecular complexity index is 979. The van der Waals surface area contributed by atoms with Crippen molar-refractivity contribution in [2.75, 3.05) is 6.61 Å². The molecule has 0 aliphatic carbocycles. The van der Waals surface area contributed by atoms with Crippen LogP contribution in [0.2, 0.25) is 18.1 Å². The molecule has 4 nitrogen and oxygen atoms in total. The largest absolute Gasteiger partial charge is 0.414 e.